The Morgan fingerprint density at radius 3 is 2.55 bits per heavy atom. The lowest BCUT2D eigenvalue weighted by Gasteiger charge is -2.10. The molecule has 104 valence electrons. The SMILES string of the molecule is Cc1ccc(NNC(=O)c2ccc(F)cc2F)cc1Cl. The van der Waals surface area contributed by atoms with Crippen molar-refractivity contribution in [2.24, 2.45) is 0 Å². The number of hydrazine groups is 1. The topological polar surface area (TPSA) is 41.1 Å². The molecular formula is C14H11ClF2N2O. The highest BCUT2D eigenvalue weighted by Gasteiger charge is 2.12. The van der Waals surface area contributed by atoms with Crippen molar-refractivity contribution in [2.75, 3.05) is 5.43 Å². The summed E-state index contributed by atoms with van der Waals surface area (Å²) in [7, 11) is 0. The van der Waals surface area contributed by atoms with Gasteiger partial charge in [0.25, 0.3) is 5.91 Å². The Kier molecular flexibility index (Phi) is 4.20. The molecule has 3 nitrogen and oxygen atoms in total. The Bertz CT molecular complexity index is 662. The van der Waals surface area contributed by atoms with E-state index in [9.17, 15) is 13.6 Å². The van der Waals surface area contributed by atoms with Gasteiger partial charge in [0.1, 0.15) is 11.6 Å². The summed E-state index contributed by atoms with van der Waals surface area (Å²) in [5.41, 5.74) is 6.12. The van der Waals surface area contributed by atoms with Gasteiger partial charge in [-0.05, 0) is 36.8 Å². The Balaban J connectivity index is 2.06. The lowest BCUT2D eigenvalue weighted by atomic mass is 10.2. The molecule has 0 heterocycles. The first-order chi connectivity index (χ1) is 9.47. The Morgan fingerprint density at radius 1 is 1.15 bits per heavy atom. The van der Waals surface area contributed by atoms with E-state index in [1.54, 1.807) is 18.2 Å². The minimum atomic E-state index is -0.925. The number of amides is 1. The van der Waals surface area contributed by atoms with Gasteiger partial charge < -0.3 is 0 Å². The smallest absolute Gasteiger partial charge is 0.272 e. The number of anilines is 1. The third-order valence-electron chi connectivity index (χ3n) is 2.67. The molecule has 0 radical (unpaired) electrons. The van der Waals surface area contributed by atoms with E-state index in [2.05, 4.69) is 10.9 Å². The summed E-state index contributed by atoms with van der Waals surface area (Å²) in [4.78, 5) is 11.7. The van der Waals surface area contributed by atoms with Crippen LogP contribution in [0.2, 0.25) is 5.02 Å². The van der Waals surface area contributed by atoms with Crippen molar-refractivity contribution in [3.8, 4) is 0 Å². The quantitative estimate of drug-likeness (QED) is 0.848. The first kappa shape index (κ1) is 14.3. The third-order valence-corrected chi connectivity index (χ3v) is 3.08. The van der Waals surface area contributed by atoms with Crippen LogP contribution in [0.3, 0.4) is 0 Å². The molecule has 2 aromatic rings. The fourth-order valence-corrected chi connectivity index (χ4v) is 1.72. The number of halogens is 3. The van der Waals surface area contributed by atoms with Gasteiger partial charge in [0.05, 0.1) is 11.3 Å². The van der Waals surface area contributed by atoms with E-state index in [1.165, 1.54) is 0 Å². The number of hydrogen-bond acceptors (Lipinski definition) is 2. The maximum atomic E-state index is 13.4. The van der Waals surface area contributed by atoms with Gasteiger partial charge in [-0.25, -0.2) is 8.78 Å². The molecule has 0 aromatic heterocycles. The summed E-state index contributed by atoms with van der Waals surface area (Å²) >= 11 is 5.93. The van der Waals surface area contributed by atoms with Crippen LogP contribution < -0.4 is 10.9 Å². The van der Waals surface area contributed by atoms with E-state index in [-0.39, 0.29) is 5.56 Å². The molecule has 0 atom stereocenters. The zero-order valence-electron chi connectivity index (χ0n) is 10.5. The van der Waals surface area contributed by atoms with Crippen LogP contribution in [-0.4, -0.2) is 5.91 Å². The van der Waals surface area contributed by atoms with Gasteiger partial charge in [-0.3, -0.25) is 15.6 Å². The second-order valence-corrected chi connectivity index (χ2v) is 4.57. The number of carbonyl (C=O) groups excluding carboxylic acids is 1. The van der Waals surface area contributed by atoms with Crippen molar-refractivity contribution < 1.29 is 13.6 Å². The number of carbonyl (C=O) groups is 1. The zero-order valence-corrected chi connectivity index (χ0v) is 11.3. The maximum absolute atomic E-state index is 13.4. The van der Waals surface area contributed by atoms with Crippen molar-refractivity contribution in [3.05, 3.63) is 64.2 Å². The highest BCUT2D eigenvalue weighted by Crippen LogP contribution is 2.19. The summed E-state index contributed by atoms with van der Waals surface area (Å²) in [5, 5.41) is 0.539. The first-order valence-corrected chi connectivity index (χ1v) is 6.13. The molecule has 0 fully saturated rings. The molecule has 2 aromatic carbocycles. The molecule has 20 heavy (non-hydrogen) atoms. The van der Waals surface area contributed by atoms with Crippen molar-refractivity contribution in [2.45, 2.75) is 6.92 Å². The molecular weight excluding hydrogens is 286 g/mol. The fourth-order valence-electron chi connectivity index (χ4n) is 1.54. The summed E-state index contributed by atoms with van der Waals surface area (Å²) in [5.74, 6) is -2.37. The molecule has 0 saturated carbocycles. The summed E-state index contributed by atoms with van der Waals surface area (Å²) in [6.07, 6.45) is 0. The maximum Gasteiger partial charge on any atom is 0.272 e. The summed E-state index contributed by atoms with van der Waals surface area (Å²) in [6.45, 7) is 1.85. The van der Waals surface area contributed by atoms with Crippen LogP contribution in [0, 0.1) is 18.6 Å². The molecule has 0 unspecified atom stereocenters. The number of benzene rings is 2. The Labute approximate surface area is 119 Å². The second kappa shape index (κ2) is 5.88. The predicted molar refractivity (Wildman–Crippen MR) is 73.6 cm³/mol. The second-order valence-electron chi connectivity index (χ2n) is 4.17. The molecule has 2 N–H and O–H groups in total. The van der Waals surface area contributed by atoms with E-state index >= 15 is 0 Å². The minimum absolute atomic E-state index is 0.253. The normalized spacial score (nSPS) is 10.2. The van der Waals surface area contributed by atoms with Gasteiger partial charge in [-0.1, -0.05) is 17.7 Å². The first-order valence-electron chi connectivity index (χ1n) is 5.75. The standard InChI is InChI=1S/C14H11ClF2N2O/c1-8-2-4-10(7-12(8)15)18-19-14(20)11-5-3-9(16)6-13(11)17/h2-7,18H,1H3,(H,19,20). The summed E-state index contributed by atoms with van der Waals surface area (Å²) in [6, 6.07) is 7.85. The fraction of sp³-hybridized carbons (Fsp3) is 0.0714. The number of rotatable bonds is 3. The average Bonchev–Trinajstić information content (AvgIpc) is 2.40. The van der Waals surface area contributed by atoms with E-state index in [1.807, 2.05) is 6.92 Å². The molecule has 0 aliphatic heterocycles. The lowest BCUT2D eigenvalue weighted by Crippen LogP contribution is -2.30. The number of nitrogens with one attached hydrogen (secondary N) is 2. The zero-order chi connectivity index (χ0) is 14.7. The largest absolute Gasteiger partial charge is 0.298 e. The van der Waals surface area contributed by atoms with Crippen LogP contribution in [0.15, 0.2) is 36.4 Å². The third kappa shape index (κ3) is 3.24. The van der Waals surface area contributed by atoms with Gasteiger partial charge in [0.15, 0.2) is 0 Å². The van der Waals surface area contributed by atoms with Crippen LogP contribution in [0.5, 0.6) is 0 Å². The van der Waals surface area contributed by atoms with Gasteiger partial charge in [-0.2, -0.15) is 0 Å². The van der Waals surface area contributed by atoms with E-state index in [0.717, 1.165) is 17.7 Å². The molecule has 0 aliphatic rings. The van der Waals surface area contributed by atoms with Gasteiger partial charge in [0, 0.05) is 11.1 Å². The van der Waals surface area contributed by atoms with Gasteiger partial charge in [-0.15, -0.1) is 0 Å². The van der Waals surface area contributed by atoms with Gasteiger partial charge in [0.2, 0.25) is 0 Å². The number of hydrogen-bond donors (Lipinski definition) is 2. The highest BCUT2D eigenvalue weighted by molar-refractivity contribution is 6.31. The van der Waals surface area contributed by atoms with Crippen molar-refractivity contribution in [3.63, 3.8) is 0 Å². The van der Waals surface area contributed by atoms with Crippen molar-refractivity contribution in [1.29, 1.82) is 0 Å². The highest BCUT2D eigenvalue weighted by atomic mass is 35.5. The predicted octanol–water partition coefficient (Wildman–Crippen LogP) is 3.68. The molecule has 0 aliphatic carbocycles. The van der Waals surface area contributed by atoms with Crippen LogP contribution in [0.1, 0.15) is 15.9 Å². The summed E-state index contributed by atoms with van der Waals surface area (Å²) < 4.78 is 26.1. The van der Waals surface area contributed by atoms with Gasteiger partial charge >= 0.3 is 0 Å². The molecule has 0 bridgehead atoms. The average molecular weight is 297 g/mol. The lowest BCUT2D eigenvalue weighted by molar-refractivity contribution is 0.0958. The van der Waals surface area contributed by atoms with E-state index < -0.39 is 17.5 Å². The van der Waals surface area contributed by atoms with E-state index in [4.69, 9.17) is 11.6 Å². The molecule has 0 spiro atoms. The monoisotopic (exact) mass is 296 g/mol. The van der Waals surface area contributed by atoms with Crippen LogP contribution in [-0.2, 0) is 0 Å². The van der Waals surface area contributed by atoms with Crippen molar-refractivity contribution >= 4 is 23.2 Å². The molecule has 1 amide bonds. The molecule has 6 heteroatoms. The number of aryl methyl sites for hydroxylation is 1. The van der Waals surface area contributed by atoms with E-state index in [0.29, 0.717) is 16.8 Å². The van der Waals surface area contributed by atoms with Crippen LogP contribution in [0.25, 0.3) is 0 Å². The molecule has 2 rings (SSSR count). The molecule has 0 saturated heterocycles. The minimum Gasteiger partial charge on any atom is -0.298 e. The van der Waals surface area contributed by atoms with Crippen LogP contribution in [0.4, 0.5) is 14.5 Å². The van der Waals surface area contributed by atoms with Crippen LogP contribution >= 0.6 is 11.6 Å². The Hall–Kier alpha value is -2.14. The van der Waals surface area contributed by atoms with Crippen molar-refractivity contribution in [1.82, 2.24) is 5.43 Å². The Morgan fingerprint density at radius 2 is 1.90 bits per heavy atom.